The number of hydrogen-bond donors (Lipinski definition) is 0. The highest BCUT2D eigenvalue weighted by Gasteiger charge is 2.19. The Labute approximate surface area is 143 Å². The van der Waals surface area contributed by atoms with Crippen LogP contribution in [0.25, 0.3) is 0 Å². The van der Waals surface area contributed by atoms with Gasteiger partial charge in [-0.05, 0) is 37.5 Å². The first-order valence-electron chi connectivity index (χ1n) is 10.4. The Morgan fingerprint density at radius 1 is 0.870 bits per heavy atom. The number of hydrogen-bond acceptors (Lipinski definition) is 2. The molecule has 0 aliphatic heterocycles. The summed E-state index contributed by atoms with van der Waals surface area (Å²) >= 11 is 0. The van der Waals surface area contributed by atoms with Crippen LogP contribution in [0.15, 0.2) is 0 Å². The molecule has 0 aromatic rings. The van der Waals surface area contributed by atoms with E-state index in [1.165, 1.54) is 83.5 Å². The molecule has 0 amide bonds. The summed E-state index contributed by atoms with van der Waals surface area (Å²) in [6, 6.07) is 0. The van der Waals surface area contributed by atoms with Gasteiger partial charge in [0.1, 0.15) is 0 Å². The molecule has 2 fully saturated rings. The van der Waals surface area contributed by atoms with Crippen molar-refractivity contribution in [3.8, 4) is 0 Å². The molecule has 134 valence electrons. The number of rotatable bonds is 9. The Morgan fingerprint density at radius 3 is 2.04 bits per heavy atom. The summed E-state index contributed by atoms with van der Waals surface area (Å²) in [5, 5.41) is 0. The fourth-order valence-electron chi connectivity index (χ4n) is 4.41. The van der Waals surface area contributed by atoms with Crippen LogP contribution in [-0.4, -0.2) is 12.6 Å². The monoisotopic (exact) mass is 322 g/mol. The smallest absolute Gasteiger partial charge is 0.308 e. The zero-order valence-corrected chi connectivity index (χ0v) is 15.4. The Bertz CT molecular complexity index is 314. The third-order valence-electron chi connectivity index (χ3n) is 6.11. The van der Waals surface area contributed by atoms with Crippen molar-refractivity contribution in [1.82, 2.24) is 0 Å². The van der Waals surface area contributed by atoms with Gasteiger partial charge in [0.05, 0.1) is 12.5 Å². The molecular weight excluding hydrogens is 284 g/mol. The lowest BCUT2D eigenvalue weighted by atomic mass is 9.84. The third-order valence-corrected chi connectivity index (χ3v) is 6.11. The first-order valence-corrected chi connectivity index (χ1v) is 10.4. The molecule has 2 saturated carbocycles. The van der Waals surface area contributed by atoms with Gasteiger partial charge in [0.2, 0.25) is 0 Å². The average molecular weight is 323 g/mol. The normalized spacial score (nSPS) is 22.0. The van der Waals surface area contributed by atoms with Crippen LogP contribution in [0.2, 0.25) is 0 Å². The van der Waals surface area contributed by atoms with Gasteiger partial charge in [-0.15, -0.1) is 0 Å². The lowest BCUT2D eigenvalue weighted by Crippen LogP contribution is -2.17. The second-order valence-electron chi connectivity index (χ2n) is 8.15. The topological polar surface area (TPSA) is 26.3 Å². The fourth-order valence-corrected chi connectivity index (χ4v) is 4.41. The molecule has 0 aromatic carbocycles. The number of carbonyl (C=O) groups excluding carboxylic acids is 1. The van der Waals surface area contributed by atoms with Crippen LogP contribution in [0.3, 0.4) is 0 Å². The summed E-state index contributed by atoms with van der Waals surface area (Å²) in [5.41, 5.74) is 0. The molecule has 0 bridgehead atoms. The Kier molecular flexibility index (Phi) is 9.07. The van der Waals surface area contributed by atoms with Gasteiger partial charge in [0.15, 0.2) is 0 Å². The van der Waals surface area contributed by atoms with E-state index in [2.05, 4.69) is 0 Å². The van der Waals surface area contributed by atoms with Crippen LogP contribution in [0, 0.1) is 17.8 Å². The standard InChI is InChI=1S/C21H38O2/c1-18(15-16-20-12-6-3-7-13-20)21(22)23-17-9-8-14-19-10-4-2-5-11-19/h18-20H,2-17H2,1H3. The summed E-state index contributed by atoms with van der Waals surface area (Å²) in [5.74, 6) is 1.96. The van der Waals surface area contributed by atoms with E-state index < -0.39 is 0 Å². The highest BCUT2D eigenvalue weighted by atomic mass is 16.5. The molecule has 2 aliphatic rings. The van der Waals surface area contributed by atoms with Gasteiger partial charge in [0.25, 0.3) is 0 Å². The summed E-state index contributed by atoms with van der Waals surface area (Å²) in [7, 11) is 0. The van der Waals surface area contributed by atoms with Gasteiger partial charge in [-0.25, -0.2) is 0 Å². The van der Waals surface area contributed by atoms with E-state index in [4.69, 9.17) is 4.74 Å². The first-order chi connectivity index (χ1) is 11.3. The van der Waals surface area contributed by atoms with Crippen LogP contribution < -0.4 is 0 Å². The zero-order valence-electron chi connectivity index (χ0n) is 15.4. The van der Waals surface area contributed by atoms with Crippen LogP contribution in [0.5, 0.6) is 0 Å². The predicted molar refractivity (Wildman–Crippen MR) is 96.4 cm³/mol. The molecule has 2 heteroatoms. The Hall–Kier alpha value is -0.530. The molecule has 0 radical (unpaired) electrons. The van der Waals surface area contributed by atoms with E-state index in [1.807, 2.05) is 6.92 Å². The molecule has 0 aromatic heterocycles. The lowest BCUT2D eigenvalue weighted by molar-refractivity contribution is -0.148. The molecule has 2 nitrogen and oxygen atoms in total. The number of ether oxygens (including phenoxy) is 1. The minimum absolute atomic E-state index is 0.0403. The molecule has 1 atom stereocenters. The van der Waals surface area contributed by atoms with Crippen molar-refractivity contribution >= 4 is 5.97 Å². The highest BCUT2D eigenvalue weighted by molar-refractivity contribution is 5.71. The van der Waals surface area contributed by atoms with Crippen LogP contribution >= 0.6 is 0 Å². The summed E-state index contributed by atoms with van der Waals surface area (Å²) in [6.07, 6.45) is 20.0. The van der Waals surface area contributed by atoms with Gasteiger partial charge in [-0.3, -0.25) is 4.79 Å². The van der Waals surface area contributed by atoms with Gasteiger partial charge in [0, 0.05) is 0 Å². The second-order valence-corrected chi connectivity index (χ2v) is 8.15. The van der Waals surface area contributed by atoms with Crippen molar-refractivity contribution in [2.75, 3.05) is 6.61 Å². The van der Waals surface area contributed by atoms with Crippen molar-refractivity contribution in [3.63, 3.8) is 0 Å². The third kappa shape index (κ3) is 7.72. The molecule has 23 heavy (non-hydrogen) atoms. The first kappa shape index (κ1) is 18.8. The molecule has 0 N–H and O–H groups in total. The molecule has 1 unspecified atom stereocenters. The van der Waals surface area contributed by atoms with Crippen molar-refractivity contribution in [1.29, 1.82) is 0 Å². The van der Waals surface area contributed by atoms with E-state index in [1.54, 1.807) is 0 Å². The Morgan fingerprint density at radius 2 is 1.43 bits per heavy atom. The fraction of sp³-hybridized carbons (Fsp3) is 0.952. The quantitative estimate of drug-likeness (QED) is 0.369. The SMILES string of the molecule is CC(CCC1CCCCC1)C(=O)OCCCCC1CCCCC1. The second kappa shape index (κ2) is 11.1. The van der Waals surface area contributed by atoms with Crippen molar-refractivity contribution in [2.24, 2.45) is 17.8 Å². The molecule has 2 aliphatic carbocycles. The van der Waals surface area contributed by atoms with Gasteiger partial charge >= 0.3 is 5.97 Å². The largest absolute Gasteiger partial charge is 0.465 e. The summed E-state index contributed by atoms with van der Waals surface area (Å²) in [6.45, 7) is 2.69. The van der Waals surface area contributed by atoms with Gasteiger partial charge in [-0.2, -0.15) is 0 Å². The number of carbonyl (C=O) groups is 1. The van der Waals surface area contributed by atoms with Crippen LogP contribution in [0.1, 0.15) is 103 Å². The van der Waals surface area contributed by atoms with Crippen LogP contribution in [-0.2, 0) is 9.53 Å². The minimum Gasteiger partial charge on any atom is -0.465 e. The zero-order chi connectivity index (χ0) is 16.3. The highest BCUT2D eigenvalue weighted by Crippen LogP contribution is 2.29. The maximum atomic E-state index is 12.1. The van der Waals surface area contributed by atoms with Crippen LogP contribution in [0.4, 0.5) is 0 Å². The summed E-state index contributed by atoms with van der Waals surface area (Å²) < 4.78 is 5.49. The molecular formula is C21H38O2. The predicted octanol–water partition coefficient (Wildman–Crippen LogP) is 6.28. The van der Waals surface area contributed by atoms with Gasteiger partial charge < -0.3 is 4.74 Å². The van der Waals surface area contributed by atoms with Crippen molar-refractivity contribution in [3.05, 3.63) is 0 Å². The van der Waals surface area contributed by atoms with Crippen molar-refractivity contribution in [2.45, 2.75) is 103 Å². The maximum Gasteiger partial charge on any atom is 0.308 e. The average Bonchev–Trinajstić information content (AvgIpc) is 2.61. The van der Waals surface area contributed by atoms with E-state index >= 15 is 0 Å². The minimum atomic E-state index is 0.0403. The summed E-state index contributed by atoms with van der Waals surface area (Å²) in [4.78, 5) is 12.1. The molecule has 2 rings (SSSR count). The molecule has 0 saturated heterocycles. The molecule has 0 spiro atoms. The van der Waals surface area contributed by atoms with E-state index in [0.717, 1.165) is 24.7 Å². The number of esters is 1. The Balaban J connectivity index is 1.46. The molecule has 0 heterocycles. The van der Waals surface area contributed by atoms with E-state index in [-0.39, 0.29) is 11.9 Å². The van der Waals surface area contributed by atoms with Crippen molar-refractivity contribution < 1.29 is 9.53 Å². The lowest BCUT2D eigenvalue weighted by Gasteiger charge is -2.22. The number of unbranched alkanes of at least 4 members (excludes halogenated alkanes) is 1. The van der Waals surface area contributed by atoms with E-state index in [0.29, 0.717) is 6.61 Å². The van der Waals surface area contributed by atoms with Gasteiger partial charge in [-0.1, -0.05) is 77.6 Å². The van der Waals surface area contributed by atoms with E-state index in [9.17, 15) is 4.79 Å². The maximum absolute atomic E-state index is 12.1.